The van der Waals surface area contributed by atoms with Gasteiger partial charge in [-0.25, -0.2) is 9.67 Å². The summed E-state index contributed by atoms with van der Waals surface area (Å²) in [7, 11) is 0. The van der Waals surface area contributed by atoms with E-state index < -0.39 is 0 Å². The summed E-state index contributed by atoms with van der Waals surface area (Å²) in [5.41, 5.74) is 4.31. The minimum Gasteiger partial charge on any atom is -0.351 e. The van der Waals surface area contributed by atoms with Crippen molar-refractivity contribution >= 4 is 28.8 Å². The summed E-state index contributed by atoms with van der Waals surface area (Å²) < 4.78 is 1.78. The molecule has 0 aliphatic heterocycles. The predicted molar refractivity (Wildman–Crippen MR) is 119 cm³/mol. The Labute approximate surface area is 183 Å². The van der Waals surface area contributed by atoms with Crippen molar-refractivity contribution in [3.8, 4) is 16.4 Å². The highest BCUT2D eigenvalue weighted by atomic mass is 35.5. The average Bonchev–Trinajstić information content (AvgIpc) is 3.32. The van der Waals surface area contributed by atoms with Crippen LogP contribution in [0.5, 0.6) is 0 Å². The molecule has 0 radical (unpaired) electrons. The van der Waals surface area contributed by atoms with Gasteiger partial charge in [0.25, 0.3) is 5.91 Å². The highest BCUT2D eigenvalue weighted by Gasteiger charge is 2.20. The lowest BCUT2D eigenvalue weighted by atomic mass is 10.1. The molecule has 0 unspecified atom stereocenters. The number of amides is 1. The van der Waals surface area contributed by atoms with Crippen LogP contribution in [0.2, 0.25) is 5.02 Å². The second-order valence-corrected chi connectivity index (χ2v) is 8.27. The van der Waals surface area contributed by atoms with Gasteiger partial charge in [-0.1, -0.05) is 47.1 Å². The molecule has 6 nitrogen and oxygen atoms in total. The Bertz CT molecular complexity index is 1170. The Balaban J connectivity index is 1.47. The maximum atomic E-state index is 12.7. The lowest BCUT2D eigenvalue weighted by molar-refractivity contribution is 0.0957. The van der Waals surface area contributed by atoms with Gasteiger partial charge in [-0.2, -0.15) is 0 Å². The standard InChI is InChI=1S/C22H20ClN5OS/c1-14-20(21(29)24-13-12-16-8-10-17(23)11-9-16)30-22(25-14)19-15(2)28(27-26-19)18-6-4-3-5-7-18/h3-11H,12-13H2,1-2H3,(H,24,29). The molecule has 0 aliphatic rings. The maximum absolute atomic E-state index is 12.7. The first-order valence-electron chi connectivity index (χ1n) is 9.51. The molecule has 1 N–H and O–H groups in total. The van der Waals surface area contributed by atoms with Gasteiger partial charge in [0.15, 0.2) is 0 Å². The Hall–Kier alpha value is -3.03. The van der Waals surface area contributed by atoms with Gasteiger partial charge in [0, 0.05) is 11.6 Å². The van der Waals surface area contributed by atoms with Crippen LogP contribution in [0.1, 0.15) is 26.6 Å². The van der Waals surface area contributed by atoms with E-state index in [0.717, 1.165) is 23.4 Å². The van der Waals surface area contributed by atoms with Crippen LogP contribution < -0.4 is 5.32 Å². The number of benzene rings is 2. The molecule has 2 aromatic heterocycles. The summed E-state index contributed by atoms with van der Waals surface area (Å²) in [6.07, 6.45) is 0.734. The molecular weight excluding hydrogens is 418 g/mol. The van der Waals surface area contributed by atoms with E-state index in [9.17, 15) is 4.79 Å². The molecule has 0 atom stereocenters. The fraction of sp³-hybridized carbons (Fsp3) is 0.182. The Morgan fingerprint density at radius 2 is 1.83 bits per heavy atom. The van der Waals surface area contributed by atoms with E-state index >= 15 is 0 Å². The number of hydrogen-bond acceptors (Lipinski definition) is 5. The molecule has 0 aliphatic carbocycles. The maximum Gasteiger partial charge on any atom is 0.263 e. The molecule has 30 heavy (non-hydrogen) atoms. The summed E-state index contributed by atoms with van der Waals surface area (Å²) in [4.78, 5) is 17.8. The molecular formula is C22H20ClN5OS. The Morgan fingerprint density at radius 3 is 2.57 bits per heavy atom. The first-order chi connectivity index (χ1) is 14.5. The van der Waals surface area contributed by atoms with E-state index in [1.165, 1.54) is 11.3 Å². The van der Waals surface area contributed by atoms with Crippen LogP contribution in [0.25, 0.3) is 16.4 Å². The third-order valence-electron chi connectivity index (χ3n) is 4.71. The molecule has 2 aromatic carbocycles. The van der Waals surface area contributed by atoms with Gasteiger partial charge >= 0.3 is 0 Å². The highest BCUT2D eigenvalue weighted by molar-refractivity contribution is 7.17. The van der Waals surface area contributed by atoms with Crippen molar-refractivity contribution in [1.29, 1.82) is 0 Å². The van der Waals surface area contributed by atoms with Crippen molar-refractivity contribution in [3.63, 3.8) is 0 Å². The van der Waals surface area contributed by atoms with Crippen LogP contribution in [0.15, 0.2) is 54.6 Å². The highest BCUT2D eigenvalue weighted by Crippen LogP contribution is 2.29. The number of nitrogens with one attached hydrogen (secondary N) is 1. The van der Waals surface area contributed by atoms with E-state index in [1.807, 2.05) is 68.4 Å². The summed E-state index contributed by atoms with van der Waals surface area (Å²) in [6, 6.07) is 17.4. The number of nitrogens with zero attached hydrogens (tertiary/aromatic N) is 4. The zero-order valence-corrected chi connectivity index (χ0v) is 18.2. The van der Waals surface area contributed by atoms with Gasteiger partial charge in [-0.05, 0) is 50.1 Å². The summed E-state index contributed by atoms with van der Waals surface area (Å²) in [5.74, 6) is -0.127. The predicted octanol–water partition coefficient (Wildman–Crippen LogP) is 4.63. The van der Waals surface area contributed by atoms with E-state index in [-0.39, 0.29) is 5.91 Å². The van der Waals surface area contributed by atoms with Crippen molar-refractivity contribution in [2.45, 2.75) is 20.3 Å². The van der Waals surface area contributed by atoms with Gasteiger partial charge in [0.2, 0.25) is 0 Å². The lowest BCUT2D eigenvalue weighted by Crippen LogP contribution is -2.25. The molecule has 0 fully saturated rings. The zero-order valence-electron chi connectivity index (χ0n) is 16.6. The van der Waals surface area contributed by atoms with Gasteiger partial charge in [-0.15, -0.1) is 16.4 Å². The minimum absolute atomic E-state index is 0.127. The molecule has 0 bridgehead atoms. The molecule has 0 saturated carbocycles. The van der Waals surface area contributed by atoms with Crippen LogP contribution in [-0.2, 0) is 6.42 Å². The molecule has 1 amide bonds. The average molecular weight is 438 g/mol. The van der Waals surface area contributed by atoms with Crippen molar-refractivity contribution < 1.29 is 4.79 Å². The smallest absolute Gasteiger partial charge is 0.263 e. The first-order valence-corrected chi connectivity index (χ1v) is 10.7. The number of aromatic nitrogens is 4. The van der Waals surface area contributed by atoms with Gasteiger partial charge in [0.05, 0.1) is 17.1 Å². The monoisotopic (exact) mass is 437 g/mol. The minimum atomic E-state index is -0.127. The van der Waals surface area contributed by atoms with E-state index in [0.29, 0.717) is 32.8 Å². The molecule has 4 aromatic rings. The normalized spacial score (nSPS) is 10.9. The SMILES string of the molecule is Cc1nc(-c2nnn(-c3ccccc3)c2C)sc1C(=O)NCCc1ccc(Cl)cc1. The number of carbonyl (C=O) groups excluding carboxylic acids is 1. The molecule has 2 heterocycles. The van der Waals surface area contributed by atoms with E-state index in [4.69, 9.17) is 11.6 Å². The number of halogens is 1. The second kappa shape index (κ2) is 8.77. The molecule has 0 spiro atoms. The molecule has 152 valence electrons. The number of aryl methyl sites for hydroxylation is 1. The van der Waals surface area contributed by atoms with E-state index in [1.54, 1.807) is 4.68 Å². The number of thiazole rings is 1. The van der Waals surface area contributed by atoms with Gasteiger partial charge < -0.3 is 5.32 Å². The van der Waals surface area contributed by atoms with Crippen LogP contribution in [0.4, 0.5) is 0 Å². The van der Waals surface area contributed by atoms with Crippen molar-refractivity contribution in [2.75, 3.05) is 6.54 Å². The molecule has 8 heteroatoms. The Morgan fingerprint density at radius 1 is 1.10 bits per heavy atom. The lowest BCUT2D eigenvalue weighted by Gasteiger charge is -2.04. The summed E-state index contributed by atoms with van der Waals surface area (Å²) in [5, 5.41) is 12.9. The summed E-state index contributed by atoms with van der Waals surface area (Å²) in [6.45, 7) is 4.33. The van der Waals surface area contributed by atoms with Gasteiger partial charge in [-0.3, -0.25) is 4.79 Å². The van der Waals surface area contributed by atoms with Crippen LogP contribution in [0, 0.1) is 13.8 Å². The quantitative estimate of drug-likeness (QED) is 0.477. The van der Waals surface area contributed by atoms with E-state index in [2.05, 4.69) is 20.6 Å². The number of rotatable bonds is 6. The third-order valence-corrected chi connectivity index (χ3v) is 6.13. The number of carbonyl (C=O) groups is 1. The Kier molecular flexibility index (Phi) is 5.92. The molecule has 4 rings (SSSR count). The first kappa shape index (κ1) is 20.3. The fourth-order valence-electron chi connectivity index (χ4n) is 3.10. The van der Waals surface area contributed by atoms with Crippen LogP contribution >= 0.6 is 22.9 Å². The largest absolute Gasteiger partial charge is 0.351 e. The fourth-order valence-corrected chi connectivity index (χ4v) is 4.25. The van der Waals surface area contributed by atoms with Gasteiger partial charge in [0.1, 0.15) is 15.6 Å². The summed E-state index contributed by atoms with van der Waals surface area (Å²) >= 11 is 7.24. The van der Waals surface area contributed by atoms with Crippen molar-refractivity contribution in [3.05, 3.63) is 81.4 Å². The third kappa shape index (κ3) is 4.27. The van der Waals surface area contributed by atoms with Crippen LogP contribution in [-0.4, -0.2) is 32.4 Å². The van der Waals surface area contributed by atoms with Crippen molar-refractivity contribution in [1.82, 2.24) is 25.3 Å². The van der Waals surface area contributed by atoms with Crippen LogP contribution in [0.3, 0.4) is 0 Å². The number of para-hydroxylation sites is 1. The molecule has 0 saturated heterocycles. The number of hydrogen-bond donors (Lipinski definition) is 1. The second-order valence-electron chi connectivity index (χ2n) is 6.84. The van der Waals surface area contributed by atoms with Crippen molar-refractivity contribution in [2.24, 2.45) is 0 Å². The zero-order chi connectivity index (χ0) is 21.1. The topological polar surface area (TPSA) is 72.7 Å².